The number of hydrogen-bond acceptors (Lipinski definition) is 4. The third-order valence-electron chi connectivity index (χ3n) is 4.12. The number of amides is 1. The maximum atomic E-state index is 12.3. The van der Waals surface area contributed by atoms with Gasteiger partial charge in [0.2, 0.25) is 10.0 Å². The fourth-order valence-electron chi connectivity index (χ4n) is 2.63. The molecule has 0 spiro atoms. The summed E-state index contributed by atoms with van der Waals surface area (Å²) in [6.07, 6.45) is 2.05. The van der Waals surface area contributed by atoms with Gasteiger partial charge in [-0.05, 0) is 62.2 Å². The minimum atomic E-state index is -3.50. The number of ether oxygens (including phenoxy) is 1. The van der Waals surface area contributed by atoms with Crippen LogP contribution in [0.4, 0.5) is 5.69 Å². The molecule has 1 amide bonds. The standard InChI is InChI=1S/C21H27ClN2O4S/c1-16(2)28-14-4-13-23-21(25)18-7-11-20(12-8-18)24(29(3,26)27)15-17-5-9-19(22)10-6-17/h5-12,16H,4,13-15H2,1-3H3,(H,23,25). The molecule has 0 unspecified atom stereocenters. The molecule has 0 atom stereocenters. The van der Waals surface area contributed by atoms with Crippen molar-refractivity contribution in [2.24, 2.45) is 0 Å². The molecule has 0 heterocycles. The maximum Gasteiger partial charge on any atom is 0.251 e. The van der Waals surface area contributed by atoms with Crippen molar-refractivity contribution in [3.63, 3.8) is 0 Å². The molecule has 0 fully saturated rings. The quantitative estimate of drug-likeness (QED) is 0.571. The number of rotatable bonds is 10. The van der Waals surface area contributed by atoms with Crippen molar-refractivity contribution in [3.05, 3.63) is 64.7 Å². The van der Waals surface area contributed by atoms with E-state index >= 15 is 0 Å². The molecule has 1 N–H and O–H groups in total. The average Bonchev–Trinajstić information content (AvgIpc) is 2.66. The molecule has 0 saturated carbocycles. The molecule has 0 bridgehead atoms. The molecule has 0 aromatic heterocycles. The zero-order valence-electron chi connectivity index (χ0n) is 16.9. The van der Waals surface area contributed by atoms with Crippen LogP contribution >= 0.6 is 11.6 Å². The van der Waals surface area contributed by atoms with E-state index in [9.17, 15) is 13.2 Å². The van der Waals surface area contributed by atoms with Crippen molar-refractivity contribution >= 4 is 33.2 Å². The number of carbonyl (C=O) groups excluding carboxylic acids is 1. The zero-order valence-corrected chi connectivity index (χ0v) is 18.5. The van der Waals surface area contributed by atoms with Crippen molar-refractivity contribution in [1.82, 2.24) is 5.32 Å². The minimum Gasteiger partial charge on any atom is -0.379 e. The van der Waals surface area contributed by atoms with Crippen LogP contribution in [0, 0.1) is 0 Å². The summed E-state index contributed by atoms with van der Waals surface area (Å²) in [6.45, 7) is 5.21. The van der Waals surface area contributed by atoms with Crippen LogP contribution in [0.15, 0.2) is 48.5 Å². The van der Waals surface area contributed by atoms with Crippen molar-refractivity contribution in [2.75, 3.05) is 23.7 Å². The van der Waals surface area contributed by atoms with Gasteiger partial charge in [-0.3, -0.25) is 9.10 Å². The van der Waals surface area contributed by atoms with E-state index in [1.165, 1.54) is 4.31 Å². The lowest BCUT2D eigenvalue weighted by Crippen LogP contribution is -2.29. The number of sulfonamides is 1. The fourth-order valence-corrected chi connectivity index (χ4v) is 3.64. The van der Waals surface area contributed by atoms with Crippen LogP contribution in [0.3, 0.4) is 0 Å². The van der Waals surface area contributed by atoms with E-state index in [0.717, 1.165) is 18.2 Å². The summed E-state index contributed by atoms with van der Waals surface area (Å²) in [4.78, 5) is 12.2. The third-order valence-corrected chi connectivity index (χ3v) is 5.51. The summed E-state index contributed by atoms with van der Waals surface area (Å²) < 4.78 is 31.3. The third kappa shape index (κ3) is 7.68. The van der Waals surface area contributed by atoms with Crippen molar-refractivity contribution in [2.45, 2.75) is 32.9 Å². The second kappa shape index (κ2) is 10.6. The van der Waals surface area contributed by atoms with Crippen LogP contribution in [0.25, 0.3) is 0 Å². The van der Waals surface area contributed by atoms with Crippen LogP contribution in [0.2, 0.25) is 5.02 Å². The molecule has 0 saturated heterocycles. The summed E-state index contributed by atoms with van der Waals surface area (Å²) in [7, 11) is -3.50. The van der Waals surface area contributed by atoms with Gasteiger partial charge in [-0.2, -0.15) is 0 Å². The molecule has 0 aliphatic carbocycles. The van der Waals surface area contributed by atoms with Gasteiger partial charge in [0.15, 0.2) is 0 Å². The summed E-state index contributed by atoms with van der Waals surface area (Å²) in [6, 6.07) is 13.5. The molecule has 0 aliphatic rings. The Hall–Kier alpha value is -2.09. The van der Waals surface area contributed by atoms with Gasteiger partial charge in [0.25, 0.3) is 5.91 Å². The first kappa shape index (κ1) is 23.2. The highest BCUT2D eigenvalue weighted by Gasteiger charge is 2.18. The van der Waals surface area contributed by atoms with E-state index in [4.69, 9.17) is 16.3 Å². The number of nitrogens with one attached hydrogen (secondary N) is 1. The second-order valence-corrected chi connectivity index (χ2v) is 9.32. The number of anilines is 1. The summed E-state index contributed by atoms with van der Waals surface area (Å²) >= 11 is 5.89. The van der Waals surface area contributed by atoms with Gasteiger partial charge in [-0.15, -0.1) is 0 Å². The van der Waals surface area contributed by atoms with Crippen molar-refractivity contribution in [1.29, 1.82) is 0 Å². The summed E-state index contributed by atoms with van der Waals surface area (Å²) in [5.41, 5.74) is 1.77. The number of hydrogen-bond donors (Lipinski definition) is 1. The maximum absolute atomic E-state index is 12.3. The number of carbonyl (C=O) groups is 1. The van der Waals surface area contributed by atoms with Crippen LogP contribution in [-0.4, -0.2) is 39.8 Å². The molecule has 0 aliphatic heterocycles. The number of benzene rings is 2. The predicted octanol–water partition coefficient (Wildman–Crippen LogP) is 3.85. The van der Waals surface area contributed by atoms with Gasteiger partial charge in [0.05, 0.1) is 24.6 Å². The molecule has 8 heteroatoms. The van der Waals surface area contributed by atoms with Crippen LogP contribution in [-0.2, 0) is 21.3 Å². The molecule has 29 heavy (non-hydrogen) atoms. The van der Waals surface area contributed by atoms with Crippen LogP contribution < -0.4 is 9.62 Å². The van der Waals surface area contributed by atoms with Crippen LogP contribution in [0.1, 0.15) is 36.2 Å². The topological polar surface area (TPSA) is 75.7 Å². The predicted molar refractivity (Wildman–Crippen MR) is 117 cm³/mol. The van der Waals surface area contributed by atoms with E-state index in [1.807, 2.05) is 13.8 Å². The molecular formula is C21H27ClN2O4S. The first-order valence-corrected chi connectivity index (χ1v) is 11.6. The molecule has 0 radical (unpaired) electrons. The molecule has 2 aromatic carbocycles. The Morgan fingerprint density at radius 1 is 1.10 bits per heavy atom. The normalized spacial score (nSPS) is 11.5. The molecule has 158 valence electrons. The Bertz CT molecular complexity index is 897. The van der Waals surface area contributed by atoms with Gasteiger partial charge in [0, 0.05) is 23.7 Å². The first-order chi connectivity index (χ1) is 13.7. The Balaban J connectivity index is 2.03. The Kier molecular flexibility index (Phi) is 8.49. The molecule has 2 rings (SSSR count). The minimum absolute atomic E-state index is 0.170. The monoisotopic (exact) mass is 438 g/mol. The SMILES string of the molecule is CC(C)OCCCNC(=O)c1ccc(N(Cc2ccc(Cl)cc2)S(C)(=O)=O)cc1. The first-order valence-electron chi connectivity index (χ1n) is 9.39. The van der Waals surface area contributed by atoms with E-state index in [0.29, 0.717) is 29.4 Å². The Morgan fingerprint density at radius 2 is 1.72 bits per heavy atom. The summed E-state index contributed by atoms with van der Waals surface area (Å²) in [5, 5.41) is 3.42. The zero-order chi connectivity index (χ0) is 21.4. The highest BCUT2D eigenvalue weighted by atomic mass is 35.5. The lowest BCUT2D eigenvalue weighted by atomic mass is 10.1. The fraction of sp³-hybridized carbons (Fsp3) is 0.381. The highest BCUT2D eigenvalue weighted by Crippen LogP contribution is 2.22. The van der Waals surface area contributed by atoms with Gasteiger partial charge in [-0.25, -0.2) is 8.42 Å². The van der Waals surface area contributed by atoms with Gasteiger partial charge < -0.3 is 10.1 Å². The van der Waals surface area contributed by atoms with E-state index in [2.05, 4.69) is 5.32 Å². The Labute approximate surface area is 177 Å². The van der Waals surface area contributed by atoms with Gasteiger partial charge in [-0.1, -0.05) is 23.7 Å². The largest absolute Gasteiger partial charge is 0.379 e. The Morgan fingerprint density at radius 3 is 2.28 bits per heavy atom. The number of halogens is 1. The highest BCUT2D eigenvalue weighted by molar-refractivity contribution is 7.92. The lowest BCUT2D eigenvalue weighted by Gasteiger charge is -2.23. The van der Waals surface area contributed by atoms with Crippen LogP contribution in [0.5, 0.6) is 0 Å². The van der Waals surface area contributed by atoms with E-state index < -0.39 is 10.0 Å². The average molecular weight is 439 g/mol. The smallest absolute Gasteiger partial charge is 0.251 e. The second-order valence-electron chi connectivity index (χ2n) is 6.97. The van der Waals surface area contributed by atoms with Crippen molar-refractivity contribution < 1.29 is 17.9 Å². The number of nitrogens with zero attached hydrogens (tertiary/aromatic N) is 1. The van der Waals surface area contributed by atoms with Gasteiger partial charge in [0.1, 0.15) is 0 Å². The van der Waals surface area contributed by atoms with E-state index in [-0.39, 0.29) is 18.6 Å². The lowest BCUT2D eigenvalue weighted by molar-refractivity contribution is 0.0757. The summed E-state index contributed by atoms with van der Waals surface area (Å²) in [5.74, 6) is -0.204. The van der Waals surface area contributed by atoms with E-state index in [1.54, 1.807) is 48.5 Å². The van der Waals surface area contributed by atoms with Crippen molar-refractivity contribution in [3.8, 4) is 0 Å². The van der Waals surface area contributed by atoms with Gasteiger partial charge >= 0.3 is 0 Å². The molecule has 2 aromatic rings. The molecular weight excluding hydrogens is 412 g/mol. The molecule has 6 nitrogen and oxygen atoms in total.